The second kappa shape index (κ2) is 3.25. The van der Waals surface area contributed by atoms with Crippen molar-refractivity contribution in [3.8, 4) is 0 Å². The molecule has 0 heterocycles. The Morgan fingerprint density at radius 3 is 2.56 bits per heavy atom. The van der Waals surface area contributed by atoms with Gasteiger partial charge in [0.05, 0.1) is 6.10 Å². The van der Waals surface area contributed by atoms with Gasteiger partial charge in [-0.25, -0.2) is 0 Å². The standard InChI is InChI=1S/C15H26O/c1-8(2)12-10-7-15(4)11(16)6-5-9(3)14(15)13(10)12/h8-14,16H,5-7H2,1-4H3. The van der Waals surface area contributed by atoms with Gasteiger partial charge in [0.25, 0.3) is 0 Å². The van der Waals surface area contributed by atoms with Crippen LogP contribution in [-0.4, -0.2) is 11.2 Å². The third kappa shape index (κ3) is 1.21. The highest BCUT2D eigenvalue weighted by Crippen LogP contribution is 2.73. The minimum Gasteiger partial charge on any atom is -0.393 e. The predicted molar refractivity (Wildman–Crippen MR) is 65.9 cm³/mol. The number of hydrogen-bond donors (Lipinski definition) is 1. The van der Waals surface area contributed by atoms with Crippen molar-refractivity contribution in [1.82, 2.24) is 0 Å². The van der Waals surface area contributed by atoms with Gasteiger partial charge in [0.2, 0.25) is 0 Å². The Kier molecular flexibility index (Phi) is 2.25. The first-order valence-corrected chi connectivity index (χ1v) is 7.15. The van der Waals surface area contributed by atoms with Crippen LogP contribution in [0.25, 0.3) is 0 Å². The second-order valence-electron chi connectivity index (χ2n) is 7.37. The summed E-state index contributed by atoms with van der Waals surface area (Å²) in [5, 5.41) is 10.3. The maximum atomic E-state index is 10.3. The van der Waals surface area contributed by atoms with Gasteiger partial charge in [-0.2, -0.15) is 0 Å². The quantitative estimate of drug-likeness (QED) is 0.721. The van der Waals surface area contributed by atoms with Crippen LogP contribution >= 0.6 is 0 Å². The SMILES string of the molecule is CC(C)C1C2CC3(C)C(O)CCC(C)C3C21. The summed E-state index contributed by atoms with van der Waals surface area (Å²) in [6, 6.07) is 0. The van der Waals surface area contributed by atoms with Crippen molar-refractivity contribution in [2.24, 2.45) is 40.9 Å². The Labute approximate surface area is 99.6 Å². The molecule has 7 unspecified atom stereocenters. The van der Waals surface area contributed by atoms with Crippen LogP contribution in [0.4, 0.5) is 0 Å². The molecule has 7 atom stereocenters. The summed E-state index contributed by atoms with van der Waals surface area (Å²) in [6.45, 7) is 9.54. The number of aliphatic hydroxyl groups is 1. The highest BCUT2D eigenvalue weighted by atomic mass is 16.3. The Hall–Kier alpha value is -0.0400. The lowest BCUT2D eigenvalue weighted by Crippen LogP contribution is -2.45. The van der Waals surface area contributed by atoms with Gasteiger partial charge in [-0.3, -0.25) is 0 Å². The maximum Gasteiger partial charge on any atom is 0.0596 e. The molecule has 0 amide bonds. The van der Waals surface area contributed by atoms with Crippen molar-refractivity contribution >= 4 is 0 Å². The summed E-state index contributed by atoms with van der Waals surface area (Å²) in [7, 11) is 0. The van der Waals surface area contributed by atoms with Gasteiger partial charge in [-0.05, 0) is 60.2 Å². The average molecular weight is 222 g/mol. The van der Waals surface area contributed by atoms with Crippen molar-refractivity contribution in [3.05, 3.63) is 0 Å². The molecule has 3 aliphatic carbocycles. The summed E-state index contributed by atoms with van der Waals surface area (Å²) in [6.07, 6.45) is 3.57. The Balaban J connectivity index is 1.86. The van der Waals surface area contributed by atoms with E-state index in [2.05, 4.69) is 27.7 Å². The van der Waals surface area contributed by atoms with Crippen molar-refractivity contribution in [2.45, 2.75) is 53.1 Å². The van der Waals surface area contributed by atoms with Crippen LogP contribution in [0.2, 0.25) is 0 Å². The first-order valence-electron chi connectivity index (χ1n) is 7.15. The molecule has 0 aromatic rings. The lowest BCUT2D eigenvalue weighted by molar-refractivity contribution is -0.0662. The largest absolute Gasteiger partial charge is 0.393 e. The van der Waals surface area contributed by atoms with E-state index in [0.29, 0.717) is 0 Å². The van der Waals surface area contributed by atoms with Gasteiger partial charge < -0.3 is 5.11 Å². The maximum absolute atomic E-state index is 10.3. The van der Waals surface area contributed by atoms with E-state index in [4.69, 9.17) is 0 Å². The number of hydrogen-bond acceptors (Lipinski definition) is 1. The minimum atomic E-state index is -0.0192. The molecule has 0 radical (unpaired) electrons. The van der Waals surface area contributed by atoms with Gasteiger partial charge in [-0.1, -0.05) is 27.7 Å². The van der Waals surface area contributed by atoms with E-state index in [1.165, 1.54) is 12.8 Å². The fourth-order valence-corrected chi connectivity index (χ4v) is 5.55. The van der Waals surface area contributed by atoms with Crippen molar-refractivity contribution in [3.63, 3.8) is 0 Å². The second-order valence-corrected chi connectivity index (χ2v) is 7.37. The summed E-state index contributed by atoms with van der Waals surface area (Å²) in [4.78, 5) is 0. The van der Waals surface area contributed by atoms with Crippen LogP contribution in [0.1, 0.15) is 47.0 Å². The van der Waals surface area contributed by atoms with E-state index in [0.717, 1.165) is 41.9 Å². The molecule has 3 fully saturated rings. The topological polar surface area (TPSA) is 20.2 Å². The van der Waals surface area contributed by atoms with Crippen LogP contribution in [0.15, 0.2) is 0 Å². The molecular formula is C15H26O. The van der Waals surface area contributed by atoms with Gasteiger partial charge in [0.1, 0.15) is 0 Å². The Bertz CT molecular complexity index is 298. The summed E-state index contributed by atoms with van der Waals surface area (Å²) < 4.78 is 0. The zero-order chi connectivity index (χ0) is 11.7. The lowest BCUT2D eigenvalue weighted by atomic mass is 9.60. The molecule has 0 bridgehead atoms. The zero-order valence-corrected chi connectivity index (χ0v) is 11.1. The molecule has 1 heteroatoms. The predicted octanol–water partition coefficient (Wildman–Crippen LogP) is 3.32. The first kappa shape index (κ1) is 11.1. The van der Waals surface area contributed by atoms with E-state index >= 15 is 0 Å². The van der Waals surface area contributed by atoms with E-state index < -0.39 is 0 Å². The molecule has 0 aromatic carbocycles. The van der Waals surface area contributed by atoms with E-state index in [1.54, 1.807) is 0 Å². The lowest BCUT2D eigenvalue weighted by Gasteiger charge is -2.47. The highest BCUT2D eigenvalue weighted by molar-refractivity contribution is 5.17. The molecule has 0 saturated heterocycles. The summed E-state index contributed by atoms with van der Waals surface area (Å²) >= 11 is 0. The molecule has 0 aliphatic heterocycles. The van der Waals surface area contributed by atoms with Gasteiger partial charge in [0.15, 0.2) is 0 Å². The fourth-order valence-electron chi connectivity index (χ4n) is 5.55. The highest BCUT2D eigenvalue weighted by Gasteiger charge is 2.69. The van der Waals surface area contributed by atoms with E-state index in [1.807, 2.05) is 0 Å². The molecule has 3 aliphatic rings. The molecule has 1 nitrogen and oxygen atoms in total. The van der Waals surface area contributed by atoms with Crippen LogP contribution in [0.3, 0.4) is 0 Å². The molecule has 16 heavy (non-hydrogen) atoms. The average Bonchev–Trinajstić information content (AvgIpc) is 2.78. The molecule has 92 valence electrons. The zero-order valence-electron chi connectivity index (χ0n) is 11.1. The van der Waals surface area contributed by atoms with Crippen LogP contribution in [0, 0.1) is 40.9 Å². The number of fused-ring (bicyclic) bond motifs is 3. The fraction of sp³-hybridized carbons (Fsp3) is 1.00. The van der Waals surface area contributed by atoms with E-state index in [9.17, 15) is 5.11 Å². The smallest absolute Gasteiger partial charge is 0.0596 e. The third-order valence-electron chi connectivity index (χ3n) is 6.18. The van der Waals surface area contributed by atoms with Crippen molar-refractivity contribution in [1.29, 1.82) is 0 Å². The summed E-state index contributed by atoms with van der Waals surface area (Å²) in [5.74, 6) is 5.39. The third-order valence-corrected chi connectivity index (χ3v) is 6.18. The van der Waals surface area contributed by atoms with Gasteiger partial charge in [-0.15, -0.1) is 0 Å². The number of rotatable bonds is 1. The first-order chi connectivity index (χ1) is 7.47. The Morgan fingerprint density at radius 1 is 1.25 bits per heavy atom. The van der Waals surface area contributed by atoms with Crippen LogP contribution in [-0.2, 0) is 0 Å². The molecule has 0 aromatic heterocycles. The van der Waals surface area contributed by atoms with Gasteiger partial charge in [0, 0.05) is 0 Å². The van der Waals surface area contributed by atoms with Crippen LogP contribution < -0.4 is 0 Å². The summed E-state index contributed by atoms with van der Waals surface area (Å²) in [5.41, 5.74) is 0.262. The molecule has 1 N–H and O–H groups in total. The van der Waals surface area contributed by atoms with Crippen molar-refractivity contribution in [2.75, 3.05) is 0 Å². The molecule has 3 saturated carbocycles. The Morgan fingerprint density at radius 2 is 1.94 bits per heavy atom. The van der Waals surface area contributed by atoms with E-state index in [-0.39, 0.29) is 11.5 Å². The molecular weight excluding hydrogens is 196 g/mol. The van der Waals surface area contributed by atoms with Crippen LogP contribution in [0.5, 0.6) is 0 Å². The molecule has 3 rings (SSSR count). The normalized spacial score (nSPS) is 59.6. The molecule has 0 spiro atoms. The van der Waals surface area contributed by atoms with Crippen molar-refractivity contribution < 1.29 is 5.11 Å². The van der Waals surface area contributed by atoms with Gasteiger partial charge >= 0.3 is 0 Å². The minimum absolute atomic E-state index is 0.0192. The number of aliphatic hydroxyl groups excluding tert-OH is 1. The monoisotopic (exact) mass is 222 g/mol.